The predicted molar refractivity (Wildman–Crippen MR) is 127 cm³/mol. The van der Waals surface area contributed by atoms with Crippen LogP contribution in [0, 0.1) is 28.6 Å². The zero-order valence-corrected chi connectivity index (χ0v) is 21.3. The molecule has 2 fully saturated rings. The molecule has 0 amide bonds. The highest BCUT2D eigenvalue weighted by Gasteiger charge is 2.58. The van der Waals surface area contributed by atoms with Gasteiger partial charge in [-0.25, -0.2) is 0 Å². The molecule has 2 N–H and O–H groups in total. The van der Waals surface area contributed by atoms with Crippen LogP contribution in [0.2, 0.25) is 18.1 Å². The maximum Gasteiger partial charge on any atom is 0.484 e. The third kappa shape index (κ3) is 3.43. The molecule has 6 atom stereocenters. The lowest BCUT2D eigenvalue weighted by Gasteiger charge is -2.58. The fourth-order valence-corrected chi connectivity index (χ4v) is 8.71. The van der Waals surface area contributed by atoms with Crippen LogP contribution in [0.1, 0.15) is 79.6 Å². The summed E-state index contributed by atoms with van der Waals surface area (Å²) in [5, 5.41) is 20.1. The van der Waals surface area contributed by atoms with E-state index in [2.05, 4.69) is 59.9 Å². The molecule has 0 heterocycles. The third-order valence-electron chi connectivity index (χ3n) is 10.2. The van der Waals surface area contributed by atoms with Crippen LogP contribution in [0.15, 0.2) is 23.2 Å². The number of fused-ring (bicyclic) bond motifs is 5. The molecule has 4 aliphatic rings. The Morgan fingerprint density at radius 2 is 1.67 bits per heavy atom. The summed E-state index contributed by atoms with van der Waals surface area (Å²) in [6, 6.07) is 0. The average Bonchev–Trinajstić information content (AvgIpc) is 2.98. The molecule has 0 aromatic rings. The van der Waals surface area contributed by atoms with Gasteiger partial charge in [-0.1, -0.05) is 52.3 Å². The number of hydrogen-bond donors (Lipinski definition) is 2. The van der Waals surface area contributed by atoms with Crippen LogP contribution in [0.5, 0.6) is 0 Å². The molecule has 3 nitrogen and oxygen atoms in total. The van der Waals surface area contributed by atoms with Crippen molar-refractivity contribution in [3.63, 3.8) is 0 Å². The topological polar surface area (TPSA) is 49.7 Å². The zero-order valence-electron chi connectivity index (χ0n) is 20.3. The van der Waals surface area contributed by atoms with Crippen molar-refractivity contribution in [3.05, 3.63) is 23.2 Å². The molecule has 5 heteroatoms. The number of hydrogen-bond acceptors (Lipinski definition) is 3. The van der Waals surface area contributed by atoms with E-state index in [9.17, 15) is 10.0 Å². The quantitative estimate of drug-likeness (QED) is 0.434. The summed E-state index contributed by atoms with van der Waals surface area (Å²) in [5.74, 6) is 1.96. The minimum absolute atomic E-state index is 0.0281. The Hall–Kier alpha value is -0.358. The largest absolute Gasteiger partial charge is 0.484 e. The molecule has 4 aliphatic carbocycles. The van der Waals surface area contributed by atoms with Gasteiger partial charge < -0.3 is 14.5 Å². The van der Waals surface area contributed by atoms with Gasteiger partial charge in [-0.05, 0) is 97.1 Å². The number of allylic oxidation sites excluding steroid dienone is 3. The van der Waals surface area contributed by atoms with Crippen molar-refractivity contribution in [2.45, 2.75) is 104 Å². The van der Waals surface area contributed by atoms with E-state index in [0.717, 1.165) is 37.1 Å². The highest BCUT2D eigenvalue weighted by atomic mass is 28.4. The average molecular weight is 431 g/mol. The van der Waals surface area contributed by atoms with E-state index in [4.69, 9.17) is 4.43 Å². The first-order valence-corrected chi connectivity index (χ1v) is 15.1. The highest BCUT2D eigenvalue weighted by Crippen LogP contribution is 2.65. The number of rotatable bonds is 3. The summed E-state index contributed by atoms with van der Waals surface area (Å²) in [7, 11) is -3.02. The molecular formula is C25H43BO3Si. The van der Waals surface area contributed by atoms with E-state index in [1.54, 1.807) is 5.57 Å². The van der Waals surface area contributed by atoms with Gasteiger partial charge in [-0.3, -0.25) is 0 Å². The SMILES string of the molecule is CC(C)(C)[Si](C)(C)OC1CC[C@@]2(C)C(=CC[C@@H]3[C@@H]2CC[C@]2(C)C(B(O)O)=CC[C@@H]32)C1. The van der Waals surface area contributed by atoms with E-state index in [0.29, 0.717) is 23.4 Å². The van der Waals surface area contributed by atoms with Gasteiger partial charge in [-0.15, -0.1) is 0 Å². The van der Waals surface area contributed by atoms with Crippen molar-refractivity contribution in [2.75, 3.05) is 0 Å². The van der Waals surface area contributed by atoms with Gasteiger partial charge >= 0.3 is 7.12 Å². The van der Waals surface area contributed by atoms with Crippen LogP contribution in [-0.4, -0.2) is 31.6 Å². The molecule has 0 spiro atoms. The van der Waals surface area contributed by atoms with Gasteiger partial charge in [-0.2, -0.15) is 0 Å². The van der Waals surface area contributed by atoms with Crippen LogP contribution in [0.4, 0.5) is 0 Å². The van der Waals surface area contributed by atoms with Crippen LogP contribution in [0.3, 0.4) is 0 Å². The Labute approximate surface area is 185 Å². The normalized spacial score (nSPS) is 41.4. The van der Waals surface area contributed by atoms with Crippen LogP contribution in [-0.2, 0) is 4.43 Å². The maximum absolute atomic E-state index is 9.93. The Morgan fingerprint density at radius 3 is 2.30 bits per heavy atom. The second kappa shape index (κ2) is 7.33. The van der Waals surface area contributed by atoms with E-state index < -0.39 is 15.4 Å². The van der Waals surface area contributed by atoms with Crippen molar-refractivity contribution in [1.82, 2.24) is 0 Å². The van der Waals surface area contributed by atoms with Gasteiger partial charge in [0, 0.05) is 6.10 Å². The van der Waals surface area contributed by atoms with Crippen LogP contribution >= 0.6 is 0 Å². The Bertz CT molecular complexity index is 752. The minimum Gasteiger partial charge on any atom is -0.423 e. The standard InChI is InChI=1S/C25H43BO3Si/c1-23(2,3)30(6,7)29-18-12-14-24(4)17(16-18)8-9-19-20-10-11-22(26(27)28)25(20,5)15-13-21(19)24/h8,11,18-21,27-28H,9-10,12-16H2,1-7H3/t18?,19-,20-,21-,24-,25-/m0/s1. The van der Waals surface area contributed by atoms with Crippen molar-refractivity contribution in [3.8, 4) is 0 Å². The molecule has 1 unspecified atom stereocenters. The highest BCUT2D eigenvalue weighted by molar-refractivity contribution is 6.74. The van der Waals surface area contributed by atoms with Crippen LogP contribution < -0.4 is 0 Å². The van der Waals surface area contributed by atoms with E-state index in [-0.39, 0.29) is 10.5 Å². The van der Waals surface area contributed by atoms with Gasteiger partial charge in [0.1, 0.15) is 0 Å². The summed E-state index contributed by atoms with van der Waals surface area (Å²) < 4.78 is 6.83. The second-order valence-electron chi connectivity index (χ2n) is 12.7. The second-order valence-corrected chi connectivity index (χ2v) is 17.5. The lowest BCUT2D eigenvalue weighted by molar-refractivity contribution is -0.0270. The monoisotopic (exact) mass is 430 g/mol. The van der Waals surface area contributed by atoms with E-state index in [1.807, 2.05) is 0 Å². The summed E-state index contributed by atoms with van der Waals surface area (Å²) in [6.07, 6.45) is 13.1. The Kier molecular flexibility index (Phi) is 5.58. The molecule has 0 radical (unpaired) electrons. The lowest BCUT2D eigenvalue weighted by Crippen LogP contribution is -2.52. The molecule has 0 aromatic heterocycles. The molecular weight excluding hydrogens is 387 g/mol. The van der Waals surface area contributed by atoms with Gasteiger partial charge in [0.2, 0.25) is 0 Å². The predicted octanol–water partition coefficient (Wildman–Crippen LogP) is 5.89. The molecule has 0 saturated heterocycles. The van der Waals surface area contributed by atoms with Crippen molar-refractivity contribution in [2.24, 2.45) is 28.6 Å². The first kappa shape index (κ1) is 22.8. The molecule has 2 saturated carbocycles. The maximum atomic E-state index is 9.93. The Morgan fingerprint density at radius 1 is 1.00 bits per heavy atom. The van der Waals surface area contributed by atoms with Gasteiger partial charge in [0.15, 0.2) is 8.32 Å². The lowest BCUT2D eigenvalue weighted by atomic mass is 9.45. The molecule has 0 bridgehead atoms. The first-order valence-electron chi connectivity index (χ1n) is 12.2. The third-order valence-corrected chi connectivity index (χ3v) is 14.8. The zero-order chi connectivity index (χ0) is 22.1. The summed E-state index contributed by atoms with van der Waals surface area (Å²) in [5.41, 5.74) is 2.82. The molecule has 0 aliphatic heterocycles. The molecule has 4 rings (SSSR count). The fraction of sp³-hybridized carbons (Fsp3) is 0.840. The Balaban J connectivity index is 1.53. The van der Waals surface area contributed by atoms with E-state index in [1.165, 1.54) is 19.3 Å². The summed E-state index contributed by atoms with van der Waals surface area (Å²) >= 11 is 0. The van der Waals surface area contributed by atoms with Crippen molar-refractivity contribution >= 4 is 15.4 Å². The summed E-state index contributed by atoms with van der Waals surface area (Å²) in [6.45, 7) is 16.6. The minimum atomic E-state index is -1.74. The molecule has 30 heavy (non-hydrogen) atoms. The summed E-state index contributed by atoms with van der Waals surface area (Å²) in [4.78, 5) is 0. The smallest absolute Gasteiger partial charge is 0.423 e. The van der Waals surface area contributed by atoms with Crippen LogP contribution in [0.25, 0.3) is 0 Å². The van der Waals surface area contributed by atoms with E-state index >= 15 is 0 Å². The fourth-order valence-electron chi connectivity index (χ4n) is 7.32. The molecule has 0 aromatic carbocycles. The van der Waals surface area contributed by atoms with Gasteiger partial charge in [0.25, 0.3) is 0 Å². The van der Waals surface area contributed by atoms with Crippen molar-refractivity contribution < 1.29 is 14.5 Å². The molecule has 168 valence electrons. The first-order chi connectivity index (χ1) is 13.8. The van der Waals surface area contributed by atoms with Gasteiger partial charge in [0.05, 0.1) is 0 Å². The van der Waals surface area contributed by atoms with Crippen molar-refractivity contribution in [1.29, 1.82) is 0 Å².